The maximum Gasteiger partial charge on any atom is 0.407 e. The number of hydrogen-bond donors (Lipinski definition) is 1. The fourth-order valence-electron chi connectivity index (χ4n) is 5.17. The van der Waals surface area contributed by atoms with Crippen molar-refractivity contribution in [3.8, 4) is 5.75 Å². The number of alkyl carbamates (subject to hydrolysis) is 1. The summed E-state index contributed by atoms with van der Waals surface area (Å²) < 4.78 is 24.1. The fourth-order valence-corrected chi connectivity index (χ4v) is 5.17. The number of allylic oxidation sites excluding steroid dienone is 1. The second-order valence-electron chi connectivity index (χ2n) is 9.39. The van der Waals surface area contributed by atoms with Crippen molar-refractivity contribution >= 4 is 12.2 Å². The molecule has 0 heterocycles. The molecule has 2 aromatic rings. The van der Waals surface area contributed by atoms with Crippen LogP contribution in [-0.4, -0.2) is 25.9 Å². The lowest BCUT2D eigenvalue weighted by Crippen LogP contribution is -2.43. The first-order valence-electron chi connectivity index (χ1n) is 11.4. The van der Waals surface area contributed by atoms with Gasteiger partial charge >= 0.3 is 6.09 Å². The molecule has 0 spiro atoms. The Morgan fingerprint density at radius 1 is 1.16 bits per heavy atom. The monoisotopic (exact) mass is 437 g/mol. The third kappa shape index (κ3) is 4.98. The summed E-state index contributed by atoms with van der Waals surface area (Å²) in [6.07, 6.45) is 9.68. The van der Waals surface area contributed by atoms with Gasteiger partial charge in [-0.2, -0.15) is 0 Å². The summed E-state index contributed by atoms with van der Waals surface area (Å²) in [5.41, 5.74) is 4.53. The van der Waals surface area contributed by atoms with Crippen molar-refractivity contribution in [3.63, 3.8) is 0 Å². The number of rotatable bonds is 5. The smallest absolute Gasteiger partial charge is 0.407 e. The van der Waals surface area contributed by atoms with E-state index < -0.39 is 0 Å². The quantitative estimate of drug-likeness (QED) is 0.621. The molecule has 2 aliphatic rings. The van der Waals surface area contributed by atoms with Gasteiger partial charge in [-0.3, -0.25) is 0 Å². The van der Waals surface area contributed by atoms with E-state index >= 15 is 0 Å². The Morgan fingerprint density at radius 2 is 2.00 bits per heavy atom. The molecule has 0 saturated heterocycles. The molecule has 0 bridgehead atoms. The lowest BCUT2D eigenvalue weighted by molar-refractivity contribution is 0.157. The molecule has 2 aromatic carbocycles. The molecule has 5 heteroatoms. The largest absolute Gasteiger partial charge is 0.497 e. The number of nitrogens with one attached hydrogen (secondary N) is 1. The van der Waals surface area contributed by atoms with Gasteiger partial charge in [-0.25, -0.2) is 9.18 Å². The number of fused-ring (bicyclic) bond motifs is 1. The van der Waals surface area contributed by atoms with E-state index in [0.29, 0.717) is 23.1 Å². The highest BCUT2D eigenvalue weighted by atomic mass is 19.1. The Morgan fingerprint density at radius 3 is 2.78 bits per heavy atom. The Labute approximate surface area is 189 Å². The van der Waals surface area contributed by atoms with Crippen LogP contribution in [0, 0.1) is 11.7 Å². The van der Waals surface area contributed by atoms with Gasteiger partial charge in [0.2, 0.25) is 0 Å². The Kier molecular flexibility index (Phi) is 6.54. The molecule has 170 valence electrons. The lowest BCUT2D eigenvalue weighted by atomic mass is 9.81. The van der Waals surface area contributed by atoms with Gasteiger partial charge in [0.05, 0.1) is 14.2 Å². The second-order valence-corrected chi connectivity index (χ2v) is 9.39. The van der Waals surface area contributed by atoms with E-state index in [-0.39, 0.29) is 17.4 Å². The first-order valence-corrected chi connectivity index (χ1v) is 11.4. The highest BCUT2D eigenvalue weighted by Crippen LogP contribution is 2.42. The van der Waals surface area contributed by atoms with E-state index in [1.165, 1.54) is 29.9 Å². The van der Waals surface area contributed by atoms with Crippen molar-refractivity contribution in [1.29, 1.82) is 0 Å². The summed E-state index contributed by atoms with van der Waals surface area (Å²) >= 11 is 0. The predicted molar refractivity (Wildman–Crippen MR) is 124 cm³/mol. The van der Waals surface area contributed by atoms with Gasteiger partial charge in [-0.05, 0) is 92.2 Å². The molecule has 3 atom stereocenters. The zero-order valence-corrected chi connectivity index (χ0v) is 19.1. The van der Waals surface area contributed by atoms with Crippen molar-refractivity contribution in [2.45, 2.75) is 56.9 Å². The van der Waals surface area contributed by atoms with Gasteiger partial charge in [0.15, 0.2) is 0 Å². The highest BCUT2D eigenvalue weighted by molar-refractivity contribution is 5.68. The summed E-state index contributed by atoms with van der Waals surface area (Å²) in [6, 6.07) is 11.7. The number of carbonyl (C=O) groups excluding carboxylic acids is 1. The van der Waals surface area contributed by atoms with Crippen LogP contribution >= 0.6 is 0 Å². The van der Waals surface area contributed by atoms with Gasteiger partial charge in [0, 0.05) is 11.1 Å². The van der Waals surface area contributed by atoms with Crippen LogP contribution in [0.5, 0.6) is 5.75 Å². The van der Waals surface area contributed by atoms with Gasteiger partial charge in [0.25, 0.3) is 0 Å². The van der Waals surface area contributed by atoms with E-state index in [9.17, 15) is 9.18 Å². The molecule has 1 fully saturated rings. The predicted octanol–water partition coefficient (Wildman–Crippen LogP) is 6.03. The average molecular weight is 438 g/mol. The number of benzene rings is 2. The van der Waals surface area contributed by atoms with Crippen LogP contribution in [-0.2, 0) is 17.6 Å². The van der Waals surface area contributed by atoms with Crippen LogP contribution in [0.15, 0.2) is 42.5 Å². The van der Waals surface area contributed by atoms with Gasteiger partial charge in [0.1, 0.15) is 11.6 Å². The van der Waals surface area contributed by atoms with Crippen LogP contribution in [0.3, 0.4) is 0 Å². The lowest BCUT2D eigenvalue weighted by Gasteiger charge is -2.26. The molecule has 0 aliphatic heterocycles. The van der Waals surface area contributed by atoms with E-state index in [1.54, 1.807) is 19.2 Å². The standard InChI is InChI=1S/C27H32FNO3/c1-27(29-26(30)32-3)13-12-23(17-27)21-9-8-19-14-18(4-6-20(19)15-21)5-7-22-16-24(31-2)10-11-25(22)28/h5,7-11,15-16,18,23H,4,6,12-14,17H2,1-3H3,(H,29,30)/b7-5+/t18-,23-,27+/m0/s1. The summed E-state index contributed by atoms with van der Waals surface area (Å²) in [5, 5.41) is 3.01. The van der Waals surface area contributed by atoms with E-state index in [2.05, 4.69) is 36.5 Å². The van der Waals surface area contributed by atoms with Crippen LogP contribution in [0.2, 0.25) is 0 Å². The van der Waals surface area contributed by atoms with E-state index in [1.807, 2.05) is 6.08 Å². The van der Waals surface area contributed by atoms with Crippen molar-refractivity contribution in [2.75, 3.05) is 14.2 Å². The second kappa shape index (κ2) is 9.35. The number of carbonyl (C=O) groups is 1. The number of methoxy groups -OCH3 is 2. The van der Waals surface area contributed by atoms with Gasteiger partial charge in [-0.15, -0.1) is 0 Å². The third-order valence-corrected chi connectivity index (χ3v) is 7.05. The van der Waals surface area contributed by atoms with Crippen LogP contribution in [0.25, 0.3) is 6.08 Å². The summed E-state index contributed by atoms with van der Waals surface area (Å²) in [4.78, 5) is 11.7. The number of amides is 1. The number of halogens is 1. The molecular weight excluding hydrogens is 405 g/mol. The van der Waals surface area contributed by atoms with Crippen LogP contribution in [0.1, 0.15) is 60.8 Å². The number of ether oxygens (including phenoxy) is 2. The molecular formula is C27H32FNO3. The normalized spacial score (nSPS) is 24.9. The Hall–Kier alpha value is -2.82. The molecule has 4 rings (SSSR count). The molecule has 1 N–H and O–H groups in total. The molecule has 4 nitrogen and oxygen atoms in total. The van der Waals surface area contributed by atoms with Crippen molar-refractivity contribution in [1.82, 2.24) is 5.32 Å². The van der Waals surface area contributed by atoms with Gasteiger partial charge in [-0.1, -0.05) is 30.4 Å². The number of aryl methyl sites for hydroxylation is 1. The zero-order valence-electron chi connectivity index (χ0n) is 19.1. The van der Waals surface area contributed by atoms with Crippen LogP contribution in [0.4, 0.5) is 9.18 Å². The van der Waals surface area contributed by atoms with Crippen molar-refractivity contribution < 1.29 is 18.7 Å². The maximum absolute atomic E-state index is 14.1. The molecule has 0 aromatic heterocycles. The molecule has 1 saturated carbocycles. The van der Waals surface area contributed by atoms with Crippen molar-refractivity contribution in [2.24, 2.45) is 5.92 Å². The average Bonchev–Trinajstić information content (AvgIpc) is 3.19. The SMILES string of the molecule is COC(=O)N[C@]1(C)CC[C@H](c2ccc3c(c2)CC[C@@H](/C=C/c2cc(OC)ccc2F)C3)C1. The maximum atomic E-state index is 14.1. The minimum absolute atomic E-state index is 0.209. The molecule has 0 unspecified atom stereocenters. The molecule has 2 aliphatic carbocycles. The zero-order chi connectivity index (χ0) is 22.7. The molecule has 32 heavy (non-hydrogen) atoms. The Balaban J connectivity index is 1.41. The first-order chi connectivity index (χ1) is 15.4. The summed E-state index contributed by atoms with van der Waals surface area (Å²) in [6.45, 7) is 2.10. The summed E-state index contributed by atoms with van der Waals surface area (Å²) in [7, 11) is 3.00. The number of hydrogen-bond acceptors (Lipinski definition) is 3. The van der Waals surface area contributed by atoms with E-state index in [4.69, 9.17) is 9.47 Å². The minimum Gasteiger partial charge on any atom is -0.497 e. The minimum atomic E-state index is -0.355. The van der Waals surface area contributed by atoms with E-state index in [0.717, 1.165) is 38.5 Å². The fraction of sp³-hybridized carbons (Fsp3) is 0.444. The third-order valence-electron chi connectivity index (χ3n) is 7.05. The van der Waals surface area contributed by atoms with Crippen LogP contribution < -0.4 is 10.1 Å². The molecule has 1 amide bonds. The highest BCUT2D eigenvalue weighted by Gasteiger charge is 2.37. The molecule has 0 radical (unpaired) electrons. The van der Waals surface area contributed by atoms with Gasteiger partial charge < -0.3 is 14.8 Å². The topological polar surface area (TPSA) is 47.6 Å². The first kappa shape index (κ1) is 22.4. The summed E-state index contributed by atoms with van der Waals surface area (Å²) in [5.74, 6) is 1.29. The van der Waals surface area contributed by atoms with Crippen molar-refractivity contribution in [3.05, 3.63) is 70.5 Å². The Bertz CT molecular complexity index is 1020.